The van der Waals surface area contributed by atoms with Crippen molar-refractivity contribution in [3.63, 3.8) is 0 Å². The third-order valence-corrected chi connectivity index (χ3v) is 4.84. The molecule has 0 saturated heterocycles. The lowest BCUT2D eigenvalue weighted by molar-refractivity contribution is 0.0994. The van der Waals surface area contributed by atoms with E-state index < -0.39 is 0 Å². The molecule has 0 radical (unpaired) electrons. The van der Waals surface area contributed by atoms with Gasteiger partial charge in [-0.3, -0.25) is 4.79 Å². The van der Waals surface area contributed by atoms with E-state index in [2.05, 4.69) is 36.4 Å². The molecule has 20 heavy (non-hydrogen) atoms. The van der Waals surface area contributed by atoms with Crippen LogP contribution >= 0.6 is 0 Å². The Morgan fingerprint density at radius 2 is 1.75 bits per heavy atom. The molecule has 0 N–H and O–H groups in total. The molecule has 100 valence electrons. The third-order valence-electron chi connectivity index (χ3n) is 4.84. The molecule has 0 unspecified atom stereocenters. The number of ketones is 1. The summed E-state index contributed by atoms with van der Waals surface area (Å²) in [4.78, 5) is 11.7. The van der Waals surface area contributed by atoms with E-state index in [0.29, 0.717) is 12.2 Å². The number of aryl methyl sites for hydroxylation is 1. The maximum absolute atomic E-state index is 11.7. The predicted octanol–water partition coefficient (Wildman–Crippen LogP) is 4.75. The molecule has 0 heterocycles. The van der Waals surface area contributed by atoms with Gasteiger partial charge in [-0.2, -0.15) is 0 Å². The summed E-state index contributed by atoms with van der Waals surface area (Å²) in [5.74, 6) is 1.04. The lowest BCUT2D eigenvalue weighted by atomic mass is 9.77. The van der Waals surface area contributed by atoms with Crippen molar-refractivity contribution in [2.75, 3.05) is 0 Å². The van der Waals surface area contributed by atoms with Gasteiger partial charge in [-0.25, -0.2) is 0 Å². The molecule has 2 aliphatic rings. The van der Waals surface area contributed by atoms with Crippen LogP contribution in [0.3, 0.4) is 0 Å². The summed E-state index contributed by atoms with van der Waals surface area (Å²) < 4.78 is 0. The first kappa shape index (κ1) is 11.9. The molecule has 0 amide bonds. The van der Waals surface area contributed by atoms with E-state index in [1.165, 1.54) is 41.5 Å². The molecular weight excluding hydrogens is 244 g/mol. The van der Waals surface area contributed by atoms with Gasteiger partial charge in [0, 0.05) is 12.0 Å². The summed E-state index contributed by atoms with van der Waals surface area (Å²) in [5, 5.41) is 0. The van der Waals surface area contributed by atoms with Crippen molar-refractivity contribution in [1.29, 1.82) is 0 Å². The first-order valence-corrected chi connectivity index (χ1v) is 7.58. The van der Waals surface area contributed by atoms with E-state index in [9.17, 15) is 4.79 Å². The number of Topliss-reactive ketones (excluding diaryl/α,β-unsaturated/α-hetero) is 1. The number of carbonyl (C=O) groups excluding carboxylic acids is 1. The Bertz CT molecular complexity index is 680. The Morgan fingerprint density at radius 1 is 0.900 bits per heavy atom. The monoisotopic (exact) mass is 262 g/mol. The van der Waals surface area contributed by atoms with Crippen molar-refractivity contribution < 1.29 is 4.79 Å². The van der Waals surface area contributed by atoms with E-state index >= 15 is 0 Å². The quantitative estimate of drug-likeness (QED) is 0.763. The van der Waals surface area contributed by atoms with Gasteiger partial charge in [0.05, 0.1) is 0 Å². The van der Waals surface area contributed by atoms with Gasteiger partial charge in [0.2, 0.25) is 0 Å². The van der Waals surface area contributed by atoms with Gasteiger partial charge < -0.3 is 0 Å². The predicted molar refractivity (Wildman–Crippen MR) is 81.1 cm³/mol. The van der Waals surface area contributed by atoms with Crippen molar-refractivity contribution in [1.82, 2.24) is 0 Å². The highest BCUT2D eigenvalue weighted by molar-refractivity contribution is 6.01. The van der Waals surface area contributed by atoms with E-state index in [1.54, 1.807) is 0 Å². The fourth-order valence-corrected chi connectivity index (χ4v) is 3.46. The summed E-state index contributed by atoms with van der Waals surface area (Å²) in [5.41, 5.74) is 6.30. The highest BCUT2D eigenvalue weighted by atomic mass is 16.1. The minimum atomic E-state index is 0.304. The van der Waals surface area contributed by atoms with Crippen molar-refractivity contribution in [2.24, 2.45) is 0 Å². The van der Waals surface area contributed by atoms with Crippen LogP contribution < -0.4 is 0 Å². The van der Waals surface area contributed by atoms with Crippen LogP contribution in [-0.4, -0.2) is 5.78 Å². The second kappa shape index (κ2) is 4.59. The molecule has 2 aromatic rings. The van der Waals surface area contributed by atoms with Gasteiger partial charge in [-0.15, -0.1) is 0 Å². The molecule has 1 heteroatoms. The van der Waals surface area contributed by atoms with E-state index in [-0.39, 0.29) is 0 Å². The van der Waals surface area contributed by atoms with Crippen molar-refractivity contribution in [2.45, 2.75) is 38.0 Å². The van der Waals surface area contributed by atoms with Crippen LogP contribution in [0.4, 0.5) is 0 Å². The van der Waals surface area contributed by atoms with Crippen LogP contribution in [0.15, 0.2) is 42.5 Å². The van der Waals surface area contributed by atoms with Gasteiger partial charge in [0.1, 0.15) is 0 Å². The number of hydrogen-bond acceptors (Lipinski definition) is 1. The summed E-state index contributed by atoms with van der Waals surface area (Å²) in [6.45, 7) is 0. The minimum Gasteiger partial charge on any atom is -0.294 e. The first-order valence-electron chi connectivity index (χ1n) is 7.58. The summed E-state index contributed by atoms with van der Waals surface area (Å²) in [7, 11) is 0. The topological polar surface area (TPSA) is 17.1 Å². The van der Waals surface area contributed by atoms with Crippen molar-refractivity contribution in [3.05, 3.63) is 59.2 Å². The number of fused-ring (bicyclic) bond motifs is 1. The van der Waals surface area contributed by atoms with Crippen LogP contribution in [0.25, 0.3) is 11.1 Å². The fourth-order valence-electron chi connectivity index (χ4n) is 3.46. The Balaban J connectivity index is 1.80. The van der Waals surface area contributed by atoms with Crippen LogP contribution in [-0.2, 0) is 6.42 Å². The van der Waals surface area contributed by atoms with Crippen LogP contribution in [0.2, 0.25) is 0 Å². The zero-order valence-electron chi connectivity index (χ0n) is 11.6. The summed E-state index contributed by atoms with van der Waals surface area (Å²) in [6.07, 6.45) is 5.59. The highest BCUT2D eigenvalue weighted by Crippen LogP contribution is 2.41. The number of carbonyl (C=O) groups is 1. The van der Waals surface area contributed by atoms with E-state index in [0.717, 1.165) is 17.9 Å². The highest BCUT2D eigenvalue weighted by Gasteiger charge is 2.24. The van der Waals surface area contributed by atoms with Crippen LogP contribution in [0.5, 0.6) is 0 Å². The molecule has 0 atom stereocenters. The average molecular weight is 262 g/mol. The van der Waals surface area contributed by atoms with Crippen molar-refractivity contribution in [3.8, 4) is 11.1 Å². The van der Waals surface area contributed by atoms with Gasteiger partial charge in [-0.05, 0) is 47.4 Å². The maximum Gasteiger partial charge on any atom is 0.163 e. The molecule has 1 saturated carbocycles. The van der Waals surface area contributed by atoms with Crippen molar-refractivity contribution >= 4 is 5.78 Å². The van der Waals surface area contributed by atoms with E-state index in [4.69, 9.17) is 0 Å². The van der Waals surface area contributed by atoms with Gasteiger partial charge in [0.25, 0.3) is 0 Å². The second-order valence-corrected chi connectivity index (χ2v) is 6.01. The molecule has 0 spiro atoms. The molecule has 0 bridgehead atoms. The standard InChI is InChI=1S/C19H18O/c20-19-11-9-15-12-14(8-10-18(15)19)17-7-2-1-6-16(17)13-4-3-5-13/h1-2,6-8,10,12-13H,3-5,9,11H2. The fraction of sp³-hybridized carbons (Fsp3) is 0.316. The minimum absolute atomic E-state index is 0.304. The molecular formula is C19H18O. The largest absolute Gasteiger partial charge is 0.294 e. The maximum atomic E-state index is 11.7. The lowest BCUT2D eigenvalue weighted by Gasteiger charge is -2.28. The Hall–Kier alpha value is -1.89. The molecule has 2 aliphatic carbocycles. The first-order chi connectivity index (χ1) is 9.83. The Labute approximate surface area is 119 Å². The third kappa shape index (κ3) is 1.81. The number of hydrogen-bond donors (Lipinski definition) is 0. The molecule has 1 fully saturated rings. The van der Waals surface area contributed by atoms with Gasteiger partial charge in [-0.1, -0.05) is 48.9 Å². The molecule has 2 aromatic carbocycles. The van der Waals surface area contributed by atoms with Crippen LogP contribution in [0.1, 0.15) is 53.1 Å². The van der Waals surface area contributed by atoms with Gasteiger partial charge in [0.15, 0.2) is 5.78 Å². The van der Waals surface area contributed by atoms with Crippen LogP contribution in [0, 0.1) is 0 Å². The SMILES string of the molecule is O=C1CCc2cc(-c3ccccc3C3CCC3)ccc21. The zero-order valence-corrected chi connectivity index (χ0v) is 11.6. The zero-order chi connectivity index (χ0) is 13.5. The molecule has 0 aliphatic heterocycles. The molecule has 1 nitrogen and oxygen atoms in total. The number of rotatable bonds is 2. The Kier molecular flexibility index (Phi) is 2.73. The average Bonchev–Trinajstić information content (AvgIpc) is 2.79. The molecule has 0 aromatic heterocycles. The Morgan fingerprint density at radius 3 is 2.55 bits per heavy atom. The summed E-state index contributed by atoms with van der Waals surface area (Å²) >= 11 is 0. The van der Waals surface area contributed by atoms with E-state index in [1.807, 2.05) is 6.07 Å². The summed E-state index contributed by atoms with van der Waals surface area (Å²) in [6, 6.07) is 15.2. The van der Waals surface area contributed by atoms with Gasteiger partial charge >= 0.3 is 0 Å². The smallest absolute Gasteiger partial charge is 0.163 e. The number of benzene rings is 2. The second-order valence-electron chi connectivity index (χ2n) is 6.01. The lowest BCUT2D eigenvalue weighted by Crippen LogP contribution is -2.09. The normalized spacial score (nSPS) is 17.9. The molecule has 4 rings (SSSR count).